The number of pyridine rings is 1. The summed E-state index contributed by atoms with van der Waals surface area (Å²) in [4.78, 5) is 8.94. The number of nitriles is 1. The molecule has 150 valence electrons. The highest BCUT2D eigenvalue weighted by atomic mass is 32.2. The van der Waals surface area contributed by atoms with Crippen LogP contribution in [-0.4, -0.2) is 46.4 Å². The van der Waals surface area contributed by atoms with Gasteiger partial charge in [0, 0.05) is 43.8 Å². The van der Waals surface area contributed by atoms with Crippen LogP contribution < -0.4 is 5.32 Å². The minimum Gasteiger partial charge on any atom is -0.362 e. The van der Waals surface area contributed by atoms with Crippen molar-refractivity contribution in [3.63, 3.8) is 0 Å². The van der Waals surface area contributed by atoms with Crippen molar-refractivity contribution in [2.75, 3.05) is 19.4 Å². The van der Waals surface area contributed by atoms with Gasteiger partial charge in [0.05, 0.1) is 22.3 Å². The van der Waals surface area contributed by atoms with E-state index in [9.17, 15) is 8.42 Å². The molecule has 0 bridgehead atoms. The predicted molar refractivity (Wildman–Crippen MR) is 113 cm³/mol. The number of hydrogen-bond donors (Lipinski definition) is 1. The summed E-state index contributed by atoms with van der Waals surface area (Å²) < 4.78 is 27.1. The second-order valence-electron chi connectivity index (χ2n) is 6.58. The van der Waals surface area contributed by atoms with Crippen LogP contribution in [-0.2, 0) is 10.0 Å². The monoisotopic (exact) mass is 419 g/mol. The summed E-state index contributed by atoms with van der Waals surface area (Å²) in [5.74, 6) is 0. The van der Waals surface area contributed by atoms with Gasteiger partial charge in [-0.25, -0.2) is 22.2 Å². The molecule has 0 atom stereocenters. The quantitative estimate of drug-likeness (QED) is 0.528. The van der Waals surface area contributed by atoms with Crippen LogP contribution in [0.15, 0.2) is 60.0 Å². The van der Waals surface area contributed by atoms with E-state index in [4.69, 9.17) is 5.26 Å². The lowest BCUT2D eigenvalue weighted by Gasteiger charge is -2.11. The maximum atomic E-state index is 12.1. The van der Waals surface area contributed by atoms with E-state index in [0.717, 1.165) is 16.6 Å². The maximum absolute atomic E-state index is 12.1. The molecular weight excluding hydrogens is 402 g/mol. The van der Waals surface area contributed by atoms with Crippen molar-refractivity contribution in [2.24, 2.45) is 0 Å². The summed E-state index contributed by atoms with van der Waals surface area (Å²) in [6, 6.07) is 10.4. The smallest absolute Gasteiger partial charge is 0.242 e. The zero-order chi connectivity index (χ0) is 21.3. The van der Waals surface area contributed by atoms with Gasteiger partial charge < -0.3 is 5.32 Å². The summed E-state index contributed by atoms with van der Waals surface area (Å²) in [7, 11) is -0.469. The first-order valence-corrected chi connectivity index (χ1v) is 10.3. The van der Waals surface area contributed by atoms with E-state index in [1.807, 2.05) is 6.07 Å². The Hall–Kier alpha value is -3.81. The van der Waals surface area contributed by atoms with Crippen LogP contribution >= 0.6 is 0 Å². The molecule has 0 aliphatic carbocycles. The Kier molecular flexibility index (Phi) is 4.91. The van der Waals surface area contributed by atoms with E-state index in [0.29, 0.717) is 16.9 Å². The molecule has 0 unspecified atom stereocenters. The van der Waals surface area contributed by atoms with Crippen LogP contribution in [0.1, 0.15) is 11.3 Å². The third-order valence-corrected chi connectivity index (χ3v) is 6.36. The van der Waals surface area contributed by atoms with Crippen molar-refractivity contribution in [1.29, 1.82) is 5.26 Å². The van der Waals surface area contributed by atoms with Crippen molar-refractivity contribution in [1.82, 2.24) is 23.9 Å². The van der Waals surface area contributed by atoms with Gasteiger partial charge in [0.2, 0.25) is 10.0 Å². The fourth-order valence-corrected chi connectivity index (χ4v) is 3.83. The number of anilines is 1. The number of fused-ring (bicyclic) bond motifs is 3. The van der Waals surface area contributed by atoms with E-state index >= 15 is 0 Å². The molecule has 9 nitrogen and oxygen atoms in total. The van der Waals surface area contributed by atoms with E-state index in [1.165, 1.54) is 24.6 Å². The minimum absolute atomic E-state index is 0.226. The van der Waals surface area contributed by atoms with Gasteiger partial charge in [0.1, 0.15) is 11.6 Å². The van der Waals surface area contributed by atoms with Crippen molar-refractivity contribution >= 4 is 38.3 Å². The second-order valence-corrected chi connectivity index (χ2v) is 8.73. The van der Waals surface area contributed by atoms with Gasteiger partial charge in [-0.2, -0.15) is 10.4 Å². The molecule has 0 aliphatic rings. The molecule has 0 saturated carbocycles. The zero-order valence-electron chi connectivity index (χ0n) is 16.2. The number of benzene rings is 1. The van der Waals surface area contributed by atoms with Crippen LogP contribution in [0.3, 0.4) is 0 Å². The molecule has 3 heterocycles. The van der Waals surface area contributed by atoms with Crippen molar-refractivity contribution in [3.8, 4) is 6.07 Å². The van der Waals surface area contributed by atoms with Gasteiger partial charge in [-0.15, -0.1) is 0 Å². The van der Waals surface area contributed by atoms with Crippen molar-refractivity contribution < 1.29 is 8.42 Å². The van der Waals surface area contributed by atoms with Crippen LogP contribution in [0.5, 0.6) is 0 Å². The standard InChI is InChI=1S/C20H17N7O2S/c1-26(2)30(28,29)16-5-3-15(4-6-16)22-9-7-18-17-13-24-20-14(11-21)12-25-27(20)19(17)8-10-23-18/h3-10,12-13,22H,1-2H3/b9-7+. The lowest BCUT2D eigenvalue weighted by atomic mass is 10.2. The summed E-state index contributed by atoms with van der Waals surface area (Å²) in [5.41, 5.74) is 3.10. The Balaban J connectivity index is 1.60. The fraction of sp³-hybridized carbons (Fsp3) is 0.100. The molecular formula is C20H17N7O2S. The highest BCUT2D eigenvalue weighted by Gasteiger charge is 2.16. The van der Waals surface area contributed by atoms with Crippen LogP contribution in [0.25, 0.3) is 22.6 Å². The topological polar surface area (TPSA) is 116 Å². The maximum Gasteiger partial charge on any atom is 0.242 e. The summed E-state index contributed by atoms with van der Waals surface area (Å²) in [6.07, 6.45) is 8.32. The molecule has 0 spiro atoms. The molecule has 3 aromatic heterocycles. The molecule has 0 amide bonds. The fourth-order valence-electron chi connectivity index (χ4n) is 2.93. The number of hydrogen-bond acceptors (Lipinski definition) is 7. The third kappa shape index (κ3) is 3.36. The Morgan fingerprint density at radius 3 is 2.60 bits per heavy atom. The van der Waals surface area contributed by atoms with Crippen LogP contribution in [0.4, 0.5) is 5.69 Å². The Morgan fingerprint density at radius 1 is 1.13 bits per heavy atom. The first-order valence-electron chi connectivity index (χ1n) is 8.89. The predicted octanol–water partition coefficient (Wildman–Crippen LogP) is 2.48. The molecule has 4 rings (SSSR count). The average Bonchev–Trinajstić information content (AvgIpc) is 3.18. The first kappa shape index (κ1) is 19.5. The average molecular weight is 419 g/mol. The van der Waals surface area contributed by atoms with E-state index in [-0.39, 0.29) is 4.90 Å². The van der Waals surface area contributed by atoms with Gasteiger partial charge in [0.15, 0.2) is 5.65 Å². The van der Waals surface area contributed by atoms with E-state index < -0.39 is 10.0 Å². The minimum atomic E-state index is -3.46. The van der Waals surface area contributed by atoms with E-state index in [2.05, 4.69) is 26.5 Å². The number of sulfonamides is 1. The highest BCUT2D eigenvalue weighted by molar-refractivity contribution is 7.89. The van der Waals surface area contributed by atoms with Crippen LogP contribution in [0.2, 0.25) is 0 Å². The van der Waals surface area contributed by atoms with Gasteiger partial charge in [-0.3, -0.25) is 4.98 Å². The summed E-state index contributed by atoms with van der Waals surface area (Å²) in [6.45, 7) is 0. The Bertz CT molecular complexity index is 1420. The Morgan fingerprint density at radius 2 is 1.90 bits per heavy atom. The molecule has 0 saturated heterocycles. The van der Waals surface area contributed by atoms with Crippen molar-refractivity contribution in [2.45, 2.75) is 4.90 Å². The highest BCUT2D eigenvalue weighted by Crippen LogP contribution is 2.20. The van der Waals surface area contributed by atoms with Gasteiger partial charge in [-0.1, -0.05) is 0 Å². The van der Waals surface area contributed by atoms with Crippen molar-refractivity contribution in [3.05, 3.63) is 66.4 Å². The summed E-state index contributed by atoms with van der Waals surface area (Å²) >= 11 is 0. The number of rotatable bonds is 5. The molecule has 10 heteroatoms. The zero-order valence-corrected chi connectivity index (χ0v) is 17.0. The molecule has 30 heavy (non-hydrogen) atoms. The second kappa shape index (κ2) is 7.55. The van der Waals surface area contributed by atoms with Gasteiger partial charge >= 0.3 is 0 Å². The summed E-state index contributed by atoms with van der Waals surface area (Å²) in [5, 5.41) is 17.3. The Labute approximate surface area is 173 Å². The molecule has 0 fully saturated rings. The van der Waals surface area contributed by atoms with Gasteiger partial charge in [-0.05, 0) is 36.4 Å². The lowest BCUT2D eigenvalue weighted by molar-refractivity contribution is 0.521. The molecule has 1 N–H and O–H groups in total. The SMILES string of the molecule is CN(C)S(=O)(=O)c1ccc(N/C=C/c2nccc3c2cnc2c(C#N)cnn23)cc1. The lowest BCUT2D eigenvalue weighted by Crippen LogP contribution is -2.22. The third-order valence-electron chi connectivity index (χ3n) is 4.53. The van der Waals surface area contributed by atoms with E-state index in [1.54, 1.807) is 53.5 Å². The largest absolute Gasteiger partial charge is 0.362 e. The molecule has 0 aliphatic heterocycles. The molecule has 4 aromatic rings. The first-order chi connectivity index (χ1) is 14.4. The van der Waals surface area contributed by atoms with Gasteiger partial charge in [0.25, 0.3) is 0 Å². The number of nitrogens with one attached hydrogen (secondary N) is 1. The number of aromatic nitrogens is 4. The molecule has 0 radical (unpaired) electrons. The number of nitrogens with zero attached hydrogens (tertiary/aromatic N) is 6. The van der Waals surface area contributed by atoms with Crippen LogP contribution in [0, 0.1) is 11.3 Å². The molecule has 1 aromatic carbocycles. The normalized spacial score (nSPS) is 12.1.